The molecule has 3 rings (SSSR count). The lowest BCUT2D eigenvalue weighted by Gasteiger charge is -2.13. The third-order valence-electron chi connectivity index (χ3n) is 4.60. The quantitative estimate of drug-likeness (QED) is 0.760. The largest absolute Gasteiger partial charge is 0.378 e. The summed E-state index contributed by atoms with van der Waals surface area (Å²) >= 11 is 0. The summed E-state index contributed by atoms with van der Waals surface area (Å²) in [5.41, 5.74) is 5.00. The molecule has 0 aliphatic rings. The number of nitrogens with zero attached hydrogens (tertiary/aromatic N) is 1. The van der Waals surface area contributed by atoms with Crippen molar-refractivity contribution in [1.82, 2.24) is 10.3 Å². The Labute approximate surface area is 152 Å². The van der Waals surface area contributed by atoms with E-state index in [2.05, 4.69) is 10.3 Å². The Balaban J connectivity index is 1.82. The number of benzene rings is 2. The van der Waals surface area contributed by atoms with E-state index in [1.807, 2.05) is 69.2 Å². The van der Waals surface area contributed by atoms with Crippen LogP contribution < -0.4 is 15.8 Å². The fraction of sp³-hybridized carbons (Fsp3) is 0.238. The van der Waals surface area contributed by atoms with Gasteiger partial charge in [0.2, 0.25) is 0 Å². The van der Waals surface area contributed by atoms with Crippen LogP contribution >= 0.6 is 0 Å². The Morgan fingerprint density at radius 2 is 1.81 bits per heavy atom. The third-order valence-corrected chi connectivity index (χ3v) is 4.60. The molecule has 2 N–H and O–H groups in total. The van der Waals surface area contributed by atoms with Crippen molar-refractivity contribution in [3.8, 4) is 0 Å². The lowest BCUT2D eigenvalue weighted by Crippen LogP contribution is -2.27. The van der Waals surface area contributed by atoms with Crippen molar-refractivity contribution in [3.05, 3.63) is 75.1 Å². The number of hydrogen-bond acceptors (Lipinski definition) is 3. The maximum absolute atomic E-state index is 12.4. The van der Waals surface area contributed by atoms with Crippen LogP contribution in [0.15, 0.2) is 47.3 Å². The Hall–Kier alpha value is -3.08. The Kier molecular flexibility index (Phi) is 4.80. The number of aromatic nitrogens is 1. The number of aryl methyl sites for hydroxylation is 2. The molecule has 0 atom stereocenters. The van der Waals surface area contributed by atoms with E-state index in [4.69, 9.17) is 0 Å². The van der Waals surface area contributed by atoms with Gasteiger partial charge in [-0.05, 0) is 66.8 Å². The summed E-state index contributed by atoms with van der Waals surface area (Å²) in [6.45, 7) is 4.24. The molecule has 0 spiro atoms. The summed E-state index contributed by atoms with van der Waals surface area (Å²) in [6, 6.07) is 13.2. The molecule has 0 bridgehead atoms. The maximum atomic E-state index is 12.4. The van der Waals surface area contributed by atoms with E-state index in [1.165, 1.54) is 5.56 Å². The molecule has 26 heavy (non-hydrogen) atoms. The van der Waals surface area contributed by atoms with Gasteiger partial charge in [0.15, 0.2) is 0 Å². The molecule has 2 aromatic carbocycles. The number of nitrogens with one attached hydrogen (secondary N) is 2. The van der Waals surface area contributed by atoms with Crippen molar-refractivity contribution >= 4 is 22.5 Å². The average Bonchev–Trinajstić information content (AvgIpc) is 2.61. The number of aromatic amines is 1. The van der Waals surface area contributed by atoms with Crippen LogP contribution in [0.25, 0.3) is 10.9 Å². The summed E-state index contributed by atoms with van der Waals surface area (Å²) < 4.78 is 0. The fourth-order valence-corrected chi connectivity index (χ4v) is 2.86. The van der Waals surface area contributed by atoms with Gasteiger partial charge in [0.05, 0.1) is 0 Å². The minimum Gasteiger partial charge on any atom is -0.378 e. The SMILES string of the molecule is Cc1cc2cc(CNC(=O)c3cccc(N(C)C)c3)c(=O)[nH]c2cc1C. The van der Waals surface area contributed by atoms with Crippen LogP contribution in [0.4, 0.5) is 5.69 Å². The predicted octanol–water partition coefficient (Wildman–Crippen LogP) is 3.14. The highest BCUT2D eigenvalue weighted by atomic mass is 16.1. The molecule has 134 valence electrons. The third kappa shape index (κ3) is 3.61. The van der Waals surface area contributed by atoms with Gasteiger partial charge in [-0.2, -0.15) is 0 Å². The zero-order valence-corrected chi connectivity index (χ0v) is 15.5. The van der Waals surface area contributed by atoms with Gasteiger partial charge in [0.25, 0.3) is 11.5 Å². The molecular formula is C21H23N3O2. The van der Waals surface area contributed by atoms with Gasteiger partial charge in [0, 0.05) is 43.0 Å². The van der Waals surface area contributed by atoms with Crippen molar-refractivity contribution in [2.24, 2.45) is 0 Å². The maximum Gasteiger partial charge on any atom is 0.253 e. The number of amides is 1. The first kappa shape index (κ1) is 17.7. The predicted molar refractivity (Wildman–Crippen MR) is 106 cm³/mol. The van der Waals surface area contributed by atoms with Gasteiger partial charge < -0.3 is 15.2 Å². The molecular weight excluding hydrogens is 326 g/mol. The van der Waals surface area contributed by atoms with Crippen LogP contribution in [0.1, 0.15) is 27.0 Å². The summed E-state index contributed by atoms with van der Waals surface area (Å²) in [7, 11) is 3.85. The lowest BCUT2D eigenvalue weighted by atomic mass is 10.0. The van der Waals surface area contributed by atoms with Crippen molar-refractivity contribution in [1.29, 1.82) is 0 Å². The van der Waals surface area contributed by atoms with Gasteiger partial charge >= 0.3 is 0 Å². The normalized spacial score (nSPS) is 10.8. The first-order valence-electron chi connectivity index (χ1n) is 8.54. The van der Waals surface area contributed by atoms with Crippen LogP contribution in [0.3, 0.4) is 0 Å². The van der Waals surface area contributed by atoms with Crippen LogP contribution in [0.2, 0.25) is 0 Å². The molecule has 3 aromatic rings. The van der Waals surface area contributed by atoms with E-state index < -0.39 is 0 Å². The molecule has 0 fully saturated rings. The van der Waals surface area contributed by atoms with Crippen molar-refractivity contribution in [3.63, 3.8) is 0 Å². The van der Waals surface area contributed by atoms with Crippen molar-refractivity contribution < 1.29 is 4.79 Å². The molecule has 5 heteroatoms. The number of fused-ring (bicyclic) bond motifs is 1. The number of pyridine rings is 1. The zero-order valence-electron chi connectivity index (χ0n) is 15.5. The number of hydrogen-bond donors (Lipinski definition) is 2. The first-order valence-corrected chi connectivity index (χ1v) is 8.54. The monoisotopic (exact) mass is 349 g/mol. The van der Waals surface area contributed by atoms with Gasteiger partial charge in [-0.1, -0.05) is 6.07 Å². The second kappa shape index (κ2) is 7.04. The minimum absolute atomic E-state index is 0.178. The summed E-state index contributed by atoms with van der Waals surface area (Å²) in [4.78, 5) is 29.6. The van der Waals surface area contributed by atoms with Crippen molar-refractivity contribution in [2.75, 3.05) is 19.0 Å². The fourth-order valence-electron chi connectivity index (χ4n) is 2.86. The van der Waals surface area contributed by atoms with E-state index in [0.29, 0.717) is 11.1 Å². The number of carbonyl (C=O) groups excluding carboxylic acids is 1. The van der Waals surface area contributed by atoms with Gasteiger partial charge in [-0.25, -0.2) is 0 Å². The van der Waals surface area contributed by atoms with E-state index in [1.54, 1.807) is 6.07 Å². The van der Waals surface area contributed by atoms with Gasteiger partial charge in [-0.3, -0.25) is 9.59 Å². The number of anilines is 1. The molecule has 0 radical (unpaired) electrons. The second-order valence-corrected chi connectivity index (χ2v) is 6.77. The molecule has 0 aliphatic heterocycles. The second-order valence-electron chi connectivity index (χ2n) is 6.77. The smallest absolute Gasteiger partial charge is 0.253 e. The van der Waals surface area contributed by atoms with Gasteiger partial charge in [0.1, 0.15) is 0 Å². The number of carbonyl (C=O) groups is 1. The standard InChI is InChI=1S/C21H23N3O2/c1-13-8-16-10-17(21(26)23-19(16)9-14(13)2)12-22-20(25)15-6-5-7-18(11-15)24(3)4/h5-11H,12H2,1-4H3,(H,22,25)(H,23,26). The first-order chi connectivity index (χ1) is 12.3. The molecule has 1 heterocycles. The Bertz CT molecular complexity index is 1040. The molecule has 0 unspecified atom stereocenters. The number of H-pyrrole nitrogens is 1. The minimum atomic E-state index is -0.201. The van der Waals surface area contributed by atoms with E-state index >= 15 is 0 Å². The van der Waals surface area contributed by atoms with E-state index in [0.717, 1.165) is 22.2 Å². The van der Waals surface area contributed by atoms with Crippen LogP contribution in [-0.4, -0.2) is 25.0 Å². The van der Waals surface area contributed by atoms with Crippen molar-refractivity contribution in [2.45, 2.75) is 20.4 Å². The summed E-state index contributed by atoms with van der Waals surface area (Å²) in [5, 5.41) is 3.80. The molecule has 5 nitrogen and oxygen atoms in total. The molecule has 0 saturated carbocycles. The van der Waals surface area contributed by atoms with Gasteiger partial charge in [-0.15, -0.1) is 0 Å². The average molecular weight is 349 g/mol. The Morgan fingerprint density at radius 3 is 2.54 bits per heavy atom. The van der Waals surface area contributed by atoms with Crippen LogP contribution in [0.5, 0.6) is 0 Å². The summed E-state index contributed by atoms with van der Waals surface area (Å²) in [5.74, 6) is -0.201. The highest BCUT2D eigenvalue weighted by Gasteiger charge is 2.09. The molecule has 1 aromatic heterocycles. The Morgan fingerprint density at radius 1 is 1.08 bits per heavy atom. The molecule has 0 saturated heterocycles. The lowest BCUT2D eigenvalue weighted by molar-refractivity contribution is 0.0951. The van der Waals surface area contributed by atoms with Crippen LogP contribution in [-0.2, 0) is 6.54 Å². The van der Waals surface area contributed by atoms with E-state index in [-0.39, 0.29) is 18.0 Å². The molecule has 0 aliphatic carbocycles. The molecule has 1 amide bonds. The number of rotatable bonds is 4. The highest BCUT2D eigenvalue weighted by molar-refractivity contribution is 5.95. The van der Waals surface area contributed by atoms with Crippen LogP contribution in [0, 0.1) is 13.8 Å². The zero-order chi connectivity index (χ0) is 18.8. The summed E-state index contributed by atoms with van der Waals surface area (Å²) in [6.07, 6.45) is 0. The highest BCUT2D eigenvalue weighted by Crippen LogP contribution is 2.17. The van der Waals surface area contributed by atoms with E-state index in [9.17, 15) is 9.59 Å². The topological polar surface area (TPSA) is 65.2 Å².